The van der Waals surface area contributed by atoms with Crippen LogP contribution >= 0.6 is 12.4 Å². The first-order valence-corrected chi connectivity index (χ1v) is 7.74. The summed E-state index contributed by atoms with van der Waals surface area (Å²) < 4.78 is 0. The Morgan fingerprint density at radius 3 is 2.58 bits per heavy atom. The second-order valence-electron chi connectivity index (χ2n) is 6.03. The molecule has 1 amide bonds. The van der Waals surface area contributed by atoms with Crippen molar-refractivity contribution >= 4 is 18.3 Å². The molecule has 2 aliphatic rings. The molecule has 0 radical (unpaired) electrons. The van der Waals surface area contributed by atoms with Gasteiger partial charge in [0.2, 0.25) is 5.91 Å². The SMILES string of the molecule is CN(C(=O)CCC1CCCC1)C1CCCNCC1.Cl. The van der Waals surface area contributed by atoms with E-state index in [9.17, 15) is 4.79 Å². The minimum Gasteiger partial charge on any atom is -0.343 e. The lowest BCUT2D eigenvalue weighted by Crippen LogP contribution is -2.37. The fourth-order valence-corrected chi connectivity index (χ4v) is 3.39. The molecule has 0 aromatic rings. The molecule has 4 heteroatoms. The van der Waals surface area contributed by atoms with Crippen LogP contribution in [0.15, 0.2) is 0 Å². The van der Waals surface area contributed by atoms with E-state index >= 15 is 0 Å². The van der Waals surface area contributed by atoms with Crippen molar-refractivity contribution in [2.24, 2.45) is 5.92 Å². The fourth-order valence-electron chi connectivity index (χ4n) is 3.39. The van der Waals surface area contributed by atoms with Gasteiger partial charge in [0, 0.05) is 19.5 Å². The van der Waals surface area contributed by atoms with E-state index in [4.69, 9.17) is 0 Å². The summed E-state index contributed by atoms with van der Waals surface area (Å²) in [5, 5.41) is 3.41. The van der Waals surface area contributed by atoms with E-state index in [1.807, 2.05) is 11.9 Å². The molecule has 1 atom stereocenters. The molecule has 1 unspecified atom stereocenters. The molecule has 0 aromatic carbocycles. The summed E-state index contributed by atoms with van der Waals surface area (Å²) in [5.74, 6) is 1.20. The van der Waals surface area contributed by atoms with E-state index in [0.717, 1.165) is 38.3 Å². The third kappa shape index (κ3) is 5.31. The fraction of sp³-hybridized carbons (Fsp3) is 0.933. The van der Waals surface area contributed by atoms with Crippen molar-refractivity contribution in [3.8, 4) is 0 Å². The number of amides is 1. The summed E-state index contributed by atoms with van der Waals surface area (Å²) >= 11 is 0. The molecule has 0 aromatic heterocycles. The number of nitrogens with one attached hydrogen (secondary N) is 1. The zero-order valence-electron chi connectivity index (χ0n) is 12.2. The Morgan fingerprint density at radius 1 is 1.11 bits per heavy atom. The monoisotopic (exact) mass is 288 g/mol. The van der Waals surface area contributed by atoms with Gasteiger partial charge in [-0.05, 0) is 44.7 Å². The first-order valence-electron chi connectivity index (χ1n) is 7.74. The van der Waals surface area contributed by atoms with Crippen LogP contribution in [-0.2, 0) is 4.79 Å². The molecular formula is C15H29ClN2O. The van der Waals surface area contributed by atoms with Crippen molar-refractivity contribution in [1.82, 2.24) is 10.2 Å². The second kappa shape index (κ2) is 8.80. The molecule has 1 saturated heterocycles. The Labute approximate surface area is 123 Å². The molecule has 3 nitrogen and oxygen atoms in total. The van der Waals surface area contributed by atoms with Gasteiger partial charge in [-0.1, -0.05) is 25.7 Å². The summed E-state index contributed by atoms with van der Waals surface area (Å²) in [6.45, 7) is 2.17. The van der Waals surface area contributed by atoms with Crippen LogP contribution in [0.25, 0.3) is 0 Å². The Bertz CT molecular complexity index is 259. The van der Waals surface area contributed by atoms with E-state index in [1.54, 1.807) is 0 Å². The Balaban J connectivity index is 0.00000180. The highest BCUT2D eigenvalue weighted by Crippen LogP contribution is 2.28. The van der Waals surface area contributed by atoms with Crippen LogP contribution in [0.2, 0.25) is 0 Å². The van der Waals surface area contributed by atoms with E-state index in [2.05, 4.69) is 5.32 Å². The minimum atomic E-state index is 0. The molecule has 2 fully saturated rings. The van der Waals surface area contributed by atoms with Crippen LogP contribution < -0.4 is 5.32 Å². The highest BCUT2D eigenvalue weighted by Gasteiger charge is 2.22. The van der Waals surface area contributed by atoms with Crippen LogP contribution in [0, 0.1) is 5.92 Å². The summed E-state index contributed by atoms with van der Waals surface area (Å²) in [5.41, 5.74) is 0. The highest BCUT2D eigenvalue weighted by atomic mass is 35.5. The quantitative estimate of drug-likeness (QED) is 0.862. The number of halogens is 1. The third-order valence-corrected chi connectivity index (χ3v) is 4.73. The van der Waals surface area contributed by atoms with Crippen LogP contribution in [0.3, 0.4) is 0 Å². The molecule has 1 N–H and O–H groups in total. The molecule has 1 saturated carbocycles. The molecular weight excluding hydrogens is 260 g/mol. The molecule has 2 rings (SSSR count). The molecule has 0 bridgehead atoms. The lowest BCUT2D eigenvalue weighted by Gasteiger charge is -2.27. The maximum atomic E-state index is 12.2. The molecule has 0 spiro atoms. The lowest BCUT2D eigenvalue weighted by molar-refractivity contribution is -0.132. The first-order chi connectivity index (χ1) is 8.77. The molecule has 112 valence electrons. The van der Waals surface area contributed by atoms with Gasteiger partial charge in [0.05, 0.1) is 0 Å². The van der Waals surface area contributed by atoms with Gasteiger partial charge < -0.3 is 10.2 Å². The zero-order chi connectivity index (χ0) is 12.8. The Morgan fingerprint density at radius 2 is 1.84 bits per heavy atom. The smallest absolute Gasteiger partial charge is 0.222 e. The predicted octanol–water partition coefficient (Wildman–Crippen LogP) is 2.98. The van der Waals surface area contributed by atoms with Crippen molar-refractivity contribution in [3.63, 3.8) is 0 Å². The van der Waals surface area contributed by atoms with Gasteiger partial charge in [-0.25, -0.2) is 0 Å². The van der Waals surface area contributed by atoms with Crippen molar-refractivity contribution in [2.45, 2.75) is 63.8 Å². The van der Waals surface area contributed by atoms with Crippen molar-refractivity contribution < 1.29 is 4.79 Å². The molecule has 1 aliphatic heterocycles. The lowest BCUT2D eigenvalue weighted by atomic mass is 10.0. The zero-order valence-corrected chi connectivity index (χ0v) is 13.0. The average Bonchev–Trinajstić information content (AvgIpc) is 2.75. The van der Waals surface area contributed by atoms with Crippen LogP contribution in [-0.4, -0.2) is 37.0 Å². The van der Waals surface area contributed by atoms with Gasteiger partial charge in [-0.2, -0.15) is 0 Å². The van der Waals surface area contributed by atoms with Crippen molar-refractivity contribution in [1.29, 1.82) is 0 Å². The predicted molar refractivity (Wildman–Crippen MR) is 81.7 cm³/mol. The third-order valence-electron chi connectivity index (χ3n) is 4.73. The number of nitrogens with zero attached hydrogens (tertiary/aromatic N) is 1. The number of carbonyl (C=O) groups is 1. The van der Waals surface area contributed by atoms with Gasteiger partial charge in [0.25, 0.3) is 0 Å². The van der Waals surface area contributed by atoms with Crippen LogP contribution in [0.5, 0.6) is 0 Å². The summed E-state index contributed by atoms with van der Waals surface area (Å²) in [7, 11) is 2.01. The summed E-state index contributed by atoms with van der Waals surface area (Å²) in [4.78, 5) is 14.2. The van der Waals surface area contributed by atoms with Crippen LogP contribution in [0.1, 0.15) is 57.8 Å². The molecule has 19 heavy (non-hydrogen) atoms. The number of rotatable bonds is 4. The van der Waals surface area contributed by atoms with Crippen LogP contribution in [0.4, 0.5) is 0 Å². The van der Waals surface area contributed by atoms with Gasteiger partial charge in [-0.3, -0.25) is 4.79 Å². The maximum Gasteiger partial charge on any atom is 0.222 e. The van der Waals surface area contributed by atoms with E-state index in [1.165, 1.54) is 38.5 Å². The maximum absolute atomic E-state index is 12.2. The number of hydrogen-bond donors (Lipinski definition) is 1. The summed E-state index contributed by atoms with van der Waals surface area (Å²) in [6.07, 6.45) is 10.8. The first kappa shape index (κ1) is 16.8. The highest BCUT2D eigenvalue weighted by molar-refractivity contribution is 5.85. The second-order valence-corrected chi connectivity index (χ2v) is 6.03. The van der Waals surface area contributed by atoms with E-state index in [0.29, 0.717) is 11.9 Å². The Hall–Kier alpha value is -0.280. The normalized spacial score (nSPS) is 24.6. The van der Waals surface area contributed by atoms with Gasteiger partial charge in [0.15, 0.2) is 0 Å². The van der Waals surface area contributed by atoms with Gasteiger partial charge in [0.1, 0.15) is 0 Å². The largest absolute Gasteiger partial charge is 0.343 e. The topological polar surface area (TPSA) is 32.3 Å². The van der Waals surface area contributed by atoms with Crippen molar-refractivity contribution in [2.75, 3.05) is 20.1 Å². The van der Waals surface area contributed by atoms with Gasteiger partial charge >= 0.3 is 0 Å². The number of hydrogen-bond acceptors (Lipinski definition) is 2. The van der Waals surface area contributed by atoms with Gasteiger partial charge in [-0.15, -0.1) is 12.4 Å². The minimum absolute atomic E-state index is 0. The van der Waals surface area contributed by atoms with E-state index in [-0.39, 0.29) is 12.4 Å². The van der Waals surface area contributed by atoms with Crippen molar-refractivity contribution in [3.05, 3.63) is 0 Å². The number of carbonyl (C=O) groups excluding carboxylic acids is 1. The van der Waals surface area contributed by atoms with E-state index < -0.39 is 0 Å². The standard InChI is InChI=1S/C15H28N2O.ClH/c1-17(14-7-4-11-16-12-10-14)15(18)9-8-13-5-2-3-6-13;/h13-14,16H,2-12H2,1H3;1H. The molecule has 1 aliphatic carbocycles. The average molecular weight is 289 g/mol. The summed E-state index contributed by atoms with van der Waals surface area (Å²) in [6, 6.07) is 0.469. The Kier molecular flexibility index (Phi) is 7.77. The molecule has 1 heterocycles.